The number of aromatic nitrogens is 2. The third-order valence-corrected chi connectivity index (χ3v) is 4.26. The van der Waals surface area contributed by atoms with E-state index in [4.69, 9.17) is 0 Å². The highest BCUT2D eigenvalue weighted by Crippen LogP contribution is 2.20. The van der Waals surface area contributed by atoms with Crippen LogP contribution in [0.1, 0.15) is 16.8 Å². The summed E-state index contributed by atoms with van der Waals surface area (Å²) in [6.45, 7) is 5.26. The van der Waals surface area contributed by atoms with Gasteiger partial charge in [-0.25, -0.2) is 9.37 Å². The third-order valence-electron chi connectivity index (χ3n) is 4.26. The molecular weight excluding hydrogens is 359 g/mol. The molecule has 0 aliphatic rings. The summed E-state index contributed by atoms with van der Waals surface area (Å²) in [5.41, 5.74) is 3.14. The van der Waals surface area contributed by atoms with Crippen LogP contribution in [0.3, 0.4) is 0 Å². The molecule has 2 aromatic carbocycles. The SMILES string of the molecule is Cc1cc(=O)n(CC(=O)Nc2c(C)cccc2C)c(Nc2cccc(F)c2)n1. The number of anilines is 3. The van der Waals surface area contributed by atoms with Gasteiger partial charge in [0.1, 0.15) is 12.4 Å². The van der Waals surface area contributed by atoms with Gasteiger partial charge in [-0.3, -0.25) is 14.2 Å². The van der Waals surface area contributed by atoms with Crippen LogP contribution in [0.25, 0.3) is 0 Å². The number of halogens is 1. The zero-order valence-electron chi connectivity index (χ0n) is 15.9. The summed E-state index contributed by atoms with van der Waals surface area (Å²) in [5.74, 6) is -0.598. The molecule has 3 rings (SSSR count). The second kappa shape index (κ2) is 8.04. The molecule has 2 N–H and O–H groups in total. The molecule has 3 aromatic rings. The molecule has 0 aliphatic carbocycles. The number of benzene rings is 2. The summed E-state index contributed by atoms with van der Waals surface area (Å²) < 4.78 is 14.7. The summed E-state index contributed by atoms with van der Waals surface area (Å²) in [7, 11) is 0. The van der Waals surface area contributed by atoms with Crippen LogP contribution in [0.15, 0.2) is 53.3 Å². The van der Waals surface area contributed by atoms with Crippen molar-refractivity contribution in [3.63, 3.8) is 0 Å². The molecule has 7 heteroatoms. The summed E-state index contributed by atoms with van der Waals surface area (Å²) in [6.07, 6.45) is 0. The smallest absolute Gasteiger partial charge is 0.255 e. The van der Waals surface area contributed by atoms with E-state index in [0.29, 0.717) is 11.4 Å². The molecule has 0 aliphatic heterocycles. The number of hydrogen-bond acceptors (Lipinski definition) is 4. The Bertz CT molecular complexity index is 1070. The Balaban J connectivity index is 1.89. The zero-order valence-corrected chi connectivity index (χ0v) is 15.9. The predicted octanol–water partition coefficient (Wildman–Crippen LogP) is 3.69. The van der Waals surface area contributed by atoms with E-state index in [1.807, 2.05) is 32.0 Å². The van der Waals surface area contributed by atoms with E-state index < -0.39 is 5.82 Å². The first kappa shape index (κ1) is 19.3. The fraction of sp³-hybridized carbons (Fsp3) is 0.190. The highest BCUT2D eigenvalue weighted by molar-refractivity contribution is 5.92. The molecule has 6 nitrogen and oxygen atoms in total. The molecule has 0 unspecified atom stereocenters. The van der Waals surface area contributed by atoms with Gasteiger partial charge in [0.25, 0.3) is 5.56 Å². The number of hydrogen-bond donors (Lipinski definition) is 2. The second-order valence-electron chi connectivity index (χ2n) is 6.60. The molecule has 1 amide bonds. The number of carbonyl (C=O) groups excluding carboxylic acids is 1. The second-order valence-corrected chi connectivity index (χ2v) is 6.60. The van der Waals surface area contributed by atoms with E-state index in [9.17, 15) is 14.0 Å². The van der Waals surface area contributed by atoms with Crippen LogP contribution in [-0.4, -0.2) is 15.5 Å². The number of rotatable bonds is 5. The van der Waals surface area contributed by atoms with Gasteiger partial charge in [0, 0.05) is 23.1 Å². The van der Waals surface area contributed by atoms with Crippen LogP contribution >= 0.6 is 0 Å². The number of nitrogens with zero attached hydrogens (tertiary/aromatic N) is 2. The van der Waals surface area contributed by atoms with Gasteiger partial charge in [-0.05, 0) is 50.1 Å². The van der Waals surface area contributed by atoms with Crippen molar-refractivity contribution in [1.29, 1.82) is 0 Å². The van der Waals surface area contributed by atoms with Crippen LogP contribution in [0, 0.1) is 26.6 Å². The highest BCUT2D eigenvalue weighted by atomic mass is 19.1. The average molecular weight is 380 g/mol. The van der Waals surface area contributed by atoms with Gasteiger partial charge in [-0.2, -0.15) is 0 Å². The molecule has 0 saturated carbocycles. The third kappa shape index (κ3) is 4.43. The standard InChI is InChI=1S/C21H21FN4O2/c1-13-6-4-7-14(2)20(13)25-18(27)12-26-19(28)10-15(3)23-21(26)24-17-9-5-8-16(22)11-17/h4-11H,12H2,1-3H3,(H,23,24)(H,25,27). The van der Waals surface area contributed by atoms with Gasteiger partial charge < -0.3 is 10.6 Å². The van der Waals surface area contributed by atoms with Crippen molar-refractivity contribution in [2.45, 2.75) is 27.3 Å². The molecule has 1 aromatic heterocycles. The van der Waals surface area contributed by atoms with E-state index in [-0.39, 0.29) is 24.0 Å². The summed E-state index contributed by atoms with van der Waals surface area (Å²) in [4.78, 5) is 29.4. The minimum absolute atomic E-state index is 0.173. The van der Waals surface area contributed by atoms with Crippen molar-refractivity contribution in [1.82, 2.24) is 9.55 Å². The Kier molecular flexibility index (Phi) is 5.54. The predicted molar refractivity (Wildman–Crippen MR) is 107 cm³/mol. The first-order valence-electron chi connectivity index (χ1n) is 8.80. The molecule has 0 saturated heterocycles. The Hall–Kier alpha value is -3.48. The monoisotopic (exact) mass is 380 g/mol. The minimum Gasteiger partial charge on any atom is -0.325 e. The minimum atomic E-state index is -0.417. The lowest BCUT2D eigenvalue weighted by Gasteiger charge is -2.15. The Morgan fingerprint density at radius 2 is 1.75 bits per heavy atom. The van der Waals surface area contributed by atoms with Gasteiger partial charge >= 0.3 is 0 Å². The molecule has 0 bridgehead atoms. The van der Waals surface area contributed by atoms with Crippen molar-refractivity contribution >= 4 is 23.2 Å². The van der Waals surface area contributed by atoms with Crippen LogP contribution in [0.4, 0.5) is 21.7 Å². The molecule has 144 valence electrons. The Morgan fingerprint density at radius 3 is 2.43 bits per heavy atom. The zero-order chi connectivity index (χ0) is 20.3. The fourth-order valence-electron chi connectivity index (χ4n) is 2.90. The Labute approximate surface area is 162 Å². The fourth-order valence-corrected chi connectivity index (χ4v) is 2.90. The molecule has 0 spiro atoms. The summed E-state index contributed by atoms with van der Waals surface area (Å²) >= 11 is 0. The van der Waals surface area contributed by atoms with Gasteiger partial charge in [0.15, 0.2) is 0 Å². The van der Waals surface area contributed by atoms with E-state index in [1.165, 1.54) is 22.8 Å². The van der Waals surface area contributed by atoms with Gasteiger partial charge in [0.2, 0.25) is 11.9 Å². The van der Waals surface area contributed by atoms with E-state index in [1.54, 1.807) is 19.1 Å². The van der Waals surface area contributed by atoms with Crippen LogP contribution in [0.5, 0.6) is 0 Å². The van der Waals surface area contributed by atoms with Crippen LogP contribution in [-0.2, 0) is 11.3 Å². The maximum atomic E-state index is 13.5. The number of carbonyl (C=O) groups is 1. The number of nitrogens with one attached hydrogen (secondary N) is 2. The molecular formula is C21H21FN4O2. The quantitative estimate of drug-likeness (QED) is 0.708. The van der Waals surface area contributed by atoms with Gasteiger partial charge in [-0.15, -0.1) is 0 Å². The van der Waals surface area contributed by atoms with Crippen molar-refractivity contribution in [3.05, 3.63) is 81.5 Å². The van der Waals surface area contributed by atoms with E-state index in [0.717, 1.165) is 16.8 Å². The van der Waals surface area contributed by atoms with E-state index in [2.05, 4.69) is 15.6 Å². The maximum Gasteiger partial charge on any atom is 0.255 e. The van der Waals surface area contributed by atoms with Crippen molar-refractivity contribution in [2.24, 2.45) is 0 Å². The topological polar surface area (TPSA) is 76.0 Å². The normalized spacial score (nSPS) is 10.6. The molecule has 28 heavy (non-hydrogen) atoms. The molecule has 0 fully saturated rings. The van der Waals surface area contributed by atoms with Crippen LogP contribution < -0.4 is 16.2 Å². The molecule has 0 radical (unpaired) electrons. The highest BCUT2D eigenvalue weighted by Gasteiger charge is 2.14. The number of para-hydroxylation sites is 1. The first-order chi connectivity index (χ1) is 13.3. The molecule has 0 atom stereocenters. The largest absolute Gasteiger partial charge is 0.325 e. The lowest BCUT2D eigenvalue weighted by molar-refractivity contribution is -0.116. The first-order valence-corrected chi connectivity index (χ1v) is 8.80. The molecule has 1 heterocycles. The lowest BCUT2D eigenvalue weighted by Crippen LogP contribution is -2.30. The number of amides is 1. The summed E-state index contributed by atoms with van der Waals surface area (Å²) in [6, 6.07) is 12.9. The van der Waals surface area contributed by atoms with Crippen molar-refractivity contribution < 1.29 is 9.18 Å². The lowest BCUT2D eigenvalue weighted by atomic mass is 10.1. The van der Waals surface area contributed by atoms with Gasteiger partial charge in [-0.1, -0.05) is 24.3 Å². The van der Waals surface area contributed by atoms with Gasteiger partial charge in [0.05, 0.1) is 0 Å². The Morgan fingerprint density at radius 1 is 1.07 bits per heavy atom. The number of aryl methyl sites for hydroxylation is 3. The summed E-state index contributed by atoms with van der Waals surface area (Å²) in [5, 5.41) is 5.77. The van der Waals surface area contributed by atoms with E-state index >= 15 is 0 Å². The van der Waals surface area contributed by atoms with Crippen LogP contribution in [0.2, 0.25) is 0 Å². The maximum absolute atomic E-state index is 13.5. The van der Waals surface area contributed by atoms with Crippen molar-refractivity contribution in [2.75, 3.05) is 10.6 Å². The average Bonchev–Trinajstić information content (AvgIpc) is 2.61. The van der Waals surface area contributed by atoms with Crippen molar-refractivity contribution in [3.8, 4) is 0 Å².